The molecule has 3 rings (SSSR count). The van der Waals surface area contributed by atoms with Crippen LogP contribution in [0.2, 0.25) is 0 Å². The van der Waals surface area contributed by atoms with Gasteiger partial charge in [0.25, 0.3) is 5.91 Å². The van der Waals surface area contributed by atoms with Crippen LogP contribution < -0.4 is 5.48 Å². The monoisotopic (exact) mass is 471 g/mol. The SMILES string of the molecule is Cc1ccc(C#Cc2ccc(S(=O)(=O)N(CCN3CCOCC3)[C@H](C)C(=O)NO)cc2)cc1. The maximum absolute atomic E-state index is 13.4. The highest BCUT2D eigenvalue weighted by Crippen LogP contribution is 2.19. The van der Waals surface area contributed by atoms with Gasteiger partial charge in [0.1, 0.15) is 6.04 Å². The number of morpholine rings is 1. The molecule has 0 saturated carbocycles. The van der Waals surface area contributed by atoms with E-state index in [2.05, 4.69) is 16.7 Å². The molecule has 1 heterocycles. The van der Waals surface area contributed by atoms with Crippen molar-refractivity contribution in [2.45, 2.75) is 24.8 Å². The van der Waals surface area contributed by atoms with Crippen LogP contribution in [0.3, 0.4) is 0 Å². The number of ether oxygens (including phenoxy) is 1. The lowest BCUT2D eigenvalue weighted by molar-refractivity contribution is -0.132. The molecule has 0 spiro atoms. The second-order valence-electron chi connectivity index (χ2n) is 7.86. The van der Waals surface area contributed by atoms with Gasteiger partial charge in [-0.15, -0.1) is 0 Å². The molecule has 176 valence electrons. The maximum Gasteiger partial charge on any atom is 0.261 e. The van der Waals surface area contributed by atoms with Gasteiger partial charge in [0.2, 0.25) is 10.0 Å². The number of hydrogen-bond acceptors (Lipinski definition) is 6. The van der Waals surface area contributed by atoms with Crippen LogP contribution in [0.4, 0.5) is 0 Å². The first-order valence-electron chi connectivity index (χ1n) is 10.8. The minimum atomic E-state index is -3.99. The van der Waals surface area contributed by atoms with Crippen molar-refractivity contribution in [3.8, 4) is 11.8 Å². The highest BCUT2D eigenvalue weighted by molar-refractivity contribution is 7.89. The van der Waals surface area contributed by atoms with Gasteiger partial charge < -0.3 is 4.74 Å². The third-order valence-corrected chi connectivity index (χ3v) is 7.51. The van der Waals surface area contributed by atoms with E-state index in [0.29, 0.717) is 38.4 Å². The molecule has 2 N–H and O–H groups in total. The molecule has 1 aliphatic heterocycles. The fourth-order valence-electron chi connectivity index (χ4n) is 3.44. The molecule has 1 fully saturated rings. The lowest BCUT2D eigenvalue weighted by atomic mass is 10.1. The lowest BCUT2D eigenvalue weighted by Crippen LogP contribution is -2.50. The minimum Gasteiger partial charge on any atom is -0.379 e. The summed E-state index contributed by atoms with van der Waals surface area (Å²) in [6, 6.07) is 13.0. The molecule has 0 unspecified atom stereocenters. The zero-order valence-electron chi connectivity index (χ0n) is 18.8. The minimum absolute atomic E-state index is 0.0583. The molecule has 0 radical (unpaired) electrons. The van der Waals surface area contributed by atoms with E-state index >= 15 is 0 Å². The molecule has 1 amide bonds. The Morgan fingerprint density at radius 3 is 2.18 bits per heavy atom. The standard InChI is InChI=1S/C24H29N3O5S/c1-19-3-5-21(6-4-19)7-8-22-9-11-23(12-10-22)33(30,31)27(20(2)24(28)25-29)14-13-26-15-17-32-18-16-26/h3-6,9-12,20,29H,13-18H2,1-2H3,(H,25,28)/t20-/m1/s1. The van der Waals surface area contributed by atoms with Gasteiger partial charge in [-0.05, 0) is 50.2 Å². The number of nitrogens with one attached hydrogen (secondary N) is 1. The van der Waals surface area contributed by atoms with Crippen LogP contribution >= 0.6 is 0 Å². The first kappa shape index (κ1) is 24.9. The summed E-state index contributed by atoms with van der Waals surface area (Å²) < 4.78 is 33.2. The summed E-state index contributed by atoms with van der Waals surface area (Å²) in [4.78, 5) is 14.2. The van der Waals surface area contributed by atoms with Gasteiger partial charge >= 0.3 is 0 Å². The summed E-state index contributed by atoms with van der Waals surface area (Å²) in [5.74, 6) is 5.30. The van der Waals surface area contributed by atoms with Crippen LogP contribution in [-0.2, 0) is 19.6 Å². The van der Waals surface area contributed by atoms with Gasteiger partial charge in [-0.25, -0.2) is 13.9 Å². The zero-order valence-corrected chi connectivity index (χ0v) is 19.6. The molecule has 1 atom stereocenters. The van der Waals surface area contributed by atoms with E-state index in [4.69, 9.17) is 9.94 Å². The molecular weight excluding hydrogens is 442 g/mol. The Morgan fingerprint density at radius 2 is 1.64 bits per heavy atom. The molecule has 9 heteroatoms. The normalized spacial score (nSPS) is 15.5. The van der Waals surface area contributed by atoms with Gasteiger partial charge in [0.15, 0.2) is 0 Å². The van der Waals surface area contributed by atoms with Crippen LogP contribution in [0.1, 0.15) is 23.6 Å². The Kier molecular flexibility index (Phi) is 8.61. The Morgan fingerprint density at radius 1 is 1.09 bits per heavy atom. The Balaban J connectivity index is 1.79. The highest BCUT2D eigenvalue weighted by atomic mass is 32.2. The average Bonchev–Trinajstić information content (AvgIpc) is 2.84. The van der Waals surface area contributed by atoms with Crippen molar-refractivity contribution in [2.75, 3.05) is 39.4 Å². The van der Waals surface area contributed by atoms with Crippen molar-refractivity contribution in [1.29, 1.82) is 0 Å². The molecule has 0 bridgehead atoms. The summed E-state index contributed by atoms with van der Waals surface area (Å²) >= 11 is 0. The molecule has 1 aliphatic rings. The van der Waals surface area contributed by atoms with Crippen molar-refractivity contribution in [3.63, 3.8) is 0 Å². The van der Waals surface area contributed by atoms with Gasteiger partial charge in [0.05, 0.1) is 18.1 Å². The van der Waals surface area contributed by atoms with Gasteiger partial charge in [-0.1, -0.05) is 29.5 Å². The van der Waals surface area contributed by atoms with E-state index in [1.54, 1.807) is 17.6 Å². The average molecular weight is 472 g/mol. The molecule has 2 aromatic carbocycles. The summed E-state index contributed by atoms with van der Waals surface area (Å²) in [6.45, 7) is 6.58. The molecule has 8 nitrogen and oxygen atoms in total. The first-order chi connectivity index (χ1) is 15.8. The van der Waals surface area contributed by atoms with E-state index in [0.717, 1.165) is 15.4 Å². The summed E-state index contributed by atoms with van der Waals surface area (Å²) in [5.41, 5.74) is 4.25. The lowest BCUT2D eigenvalue weighted by Gasteiger charge is -2.31. The van der Waals surface area contributed by atoms with Crippen LogP contribution in [-0.4, -0.2) is 74.2 Å². The Bertz CT molecular complexity index is 1100. The van der Waals surface area contributed by atoms with Crippen molar-refractivity contribution < 1.29 is 23.2 Å². The zero-order chi connectivity index (χ0) is 23.8. The van der Waals surface area contributed by atoms with Crippen LogP contribution in [0.15, 0.2) is 53.4 Å². The molecule has 0 aliphatic carbocycles. The predicted octanol–water partition coefficient (Wildman–Crippen LogP) is 1.61. The number of amides is 1. The van der Waals surface area contributed by atoms with E-state index in [-0.39, 0.29) is 11.4 Å². The van der Waals surface area contributed by atoms with E-state index in [1.165, 1.54) is 19.1 Å². The largest absolute Gasteiger partial charge is 0.379 e. The predicted molar refractivity (Wildman–Crippen MR) is 124 cm³/mol. The fourth-order valence-corrected chi connectivity index (χ4v) is 5.02. The van der Waals surface area contributed by atoms with Crippen molar-refractivity contribution in [3.05, 3.63) is 65.2 Å². The third-order valence-electron chi connectivity index (χ3n) is 5.53. The van der Waals surface area contributed by atoms with Crippen molar-refractivity contribution in [2.24, 2.45) is 0 Å². The molecule has 1 saturated heterocycles. The third kappa shape index (κ3) is 6.63. The summed E-state index contributed by atoms with van der Waals surface area (Å²) in [7, 11) is -3.99. The van der Waals surface area contributed by atoms with Gasteiger partial charge in [-0.3, -0.25) is 14.9 Å². The summed E-state index contributed by atoms with van der Waals surface area (Å²) in [6.07, 6.45) is 0. The number of hydroxylamine groups is 1. The van der Waals surface area contributed by atoms with Gasteiger partial charge in [0, 0.05) is 37.3 Å². The topological polar surface area (TPSA) is 99.2 Å². The van der Waals surface area contributed by atoms with Crippen molar-refractivity contribution in [1.82, 2.24) is 14.7 Å². The molecule has 33 heavy (non-hydrogen) atoms. The fraction of sp³-hybridized carbons (Fsp3) is 0.375. The van der Waals surface area contributed by atoms with Crippen LogP contribution in [0.5, 0.6) is 0 Å². The molecule has 0 aromatic heterocycles. The van der Waals surface area contributed by atoms with Crippen molar-refractivity contribution >= 4 is 15.9 Å². The summed E-state index contributed by atoms with van der Waals surface area (Å²) in [5, 5.41) is 9.05. The smallest absolute Gasteiger partial charge is 0.261 e. The Labute approximate surface area is 195 Å². The molecule has 2 aromatic rings. The number of rotatable bonds is 7. The molecular formula is C24H29N3O5S. The Hall–Kier alpha value is -2.74. The van der Waals surface area contributed by atoms with Crippen LogP contribution in [0, 0.1) is 18.8 Å². The highest BCUT2D eigenvalue weighted by Gasteiger charge is 2.33. The quantitative estimate of drug-likeness (QED) is 0.362. The number of carbonyl (C=O) groups is 1. The van der Waals surface area contributed by atoms with E-state index in [9.17, 15) is 13.2 Å². The second kappa shape index (κ2) is 11.4. The van der Waals surface area contributed by atoms with Gasteiger partial charge in [-0.2, -0.15) is 4.31 Å². The number of sulfonamides is 1. The first-order valence-corrected chi connectivity index (χ1v) is 12.2. The maximum atomic E-state index is 13.4. The van der Waals surface area contributed by atoms with Crippen LogP contribution in [0.25, 0.3) is 0 Å². The van der Waals surface area contributed by atoms with E-state index in [1.807, 2.05) is 31.2 Å². The number of hydrogen-bond donors (Lipinski definition) is 2. The number of aryl methyl sites for hydroxylation is 1. The van der Waals surface area contributed by atoms with E-state index < -0.39 is 22.0 Å². The number of nitrogens with zero attached hydrogens (tertiary/aromatic N) is 2. The second-order valence-corrected chi connectivity index (χ2v) is 9.75. The number of carbonyl (C=O) groups excluding carboxylic acids is 1. The number of benzene rings is 2.